The number of nitriles is 1. The highest BCUT2D eigenvalue weighted by Crippen LogP contribution is 2.34. The second-order valence-electron chi connectivity index (χ2n) is 4.78. The molecule has 0 unspecified atom stereocenters. The van der Waals surface area contributed by atoms with Crippen LogP contribution >= 0.6 is 0 Å². The predicted molar refractivity (Wildman–Crippen MR) is 72.0 cm³/mol. The molecule has 2 aromatic heterocycles. The van der Waals surface area contributed by atoms with Crippen molar-refractivity contribution in [1.29, 1.82) is 5.26 Å². The lowest BCUT2D eigenvalue weighted by Crippen LogP contribution is -2.12. The molecule has 1 aliphatic rings. The first kappa shape index (κ1) is 11.7. The Morgan fingerprint density at radius 2 is 2.16 bits per heavy atom. The lowest BCUT2D eigenvalue weighted by molar-refractivity contribution is -0.377. The molecular formula is C15H15N4+. The molecule has 0 aliphatic heterocycles. The first-order chi connectivity index (χ1) is 9.31. The van der Waals surface area contributed by atoms with E-state index in [4.69, 9.17) is 5.73 Å². The third-order valence-electron chi connectivity index (χ3n) is 3.61. The minimum atomic E-state index is 0.349. The van der Waals surface area contributed by atoms with Crippen molar-refractivity contribution in [1.82, 2.24) is 4.98 Å². The van der Waals surface area contributed by atoms with Crippen molar-refractivity contribution in [2.24, 2.45) is 0 Å². The minimum absolute atomic E-state index is 0.349. The number of nitrogen functional groups attached to an aromatic ring is 1. The van der Waals surface area contributed by atoms with Gasteiger partial charge in [0.25, 0.3) is 0 Å². The second-order valence-corrected chi connectivity index (χ2v) is 4.78. The zero-order valence-electron chi connectivity index (χ0n) is 10.6. The summed E-state index contributed by atoms with van der Waals surface area (Å²) in [5.41, 5.74) is 10.7. The molecular weight excluding hydrogens is 236 g/mol. The summed E-state index contributed by atoms with van der Waals surface area (Å²) in [6, 6.07) is 6.14. The smallest absolute Gasteiger partial charge is 0.174 e. The number of nitrogens with zero attached hydrogens (tertiary/aromatic N) is 2. The fourth-order valence-electron chi connectivity index (χ4n) is 2.74. The van der Waals surface area contributed by atoms with Gasteiger partial charge in [0.15, 0.2) is 12.4 Å². The Labute approximate surface area is 111 Å². The molecule has 0 radical (unpaired) electrons. The molecule has 0 saturated carbocycles. The summed E-state index contributed by atoms with van der Waals surface area (Å²) in [6.45, 7) is 0. The standard InChI is InChI=1S/C15H14N4/c16-8-12-14(10-4-3-7-18-9-10)11-5-1-2-6-13(11)19-15(12)17/h3-4,7,9H,1-2,5-6H2,(H2,17,19)/p+1. The lowest BCUT2D eigenvalue weighted by atomic mass is 9.87. The van der Waals surface area contributed by atoms with E-state index in [-0.39, 0.29) is 0 Å². The van der Waals surface area contributed by atoms with Crippen LogP contribution in [0, 0.1) is 11.3 Å². The number of nitrogens with one attached hydrogen (secondary N) is 1. The monoisotopic (exact) mass is 251 g/mol. The summed E-state index contributed by atoms with van der Waals surface area (Å²) in [6.07, 6.45) is 7.98. The average Bonchev–Trinajstić information content (AvgIpc) is 2.46. The third kappa shape index (κ3) is 1.93. The van der Waals surface area contributed by atoms with Gasteiger partial charge in [0, 0.05) is 22.9 Å². The van der Waals surface area contributed by atoms with Crippen molar-refractivity contribution in [3.05, 3.63) is 41.3 Å². The van der Waals surface area contributed by atoms with E-state index in [1.165, 1.54) is 5.56 Å². The van der Waals surface area contributed by atoms with Crippen LogP contribution in [0.5, 0.6) is 0 Å². The van der Waals surface area contributed by atoms with Gasteiger partial charge in [-0.1, -0.05) is 0 Å². The Balaban J connectivity index is 2.32. The molecule has 0 bridgehead atoms. The third-order valence-corrected chi connectivity index (χ3v) is 3.61. The van der Waals surface area contributed by atoms with Crippen molar-refractivity contribution in [3.63, 3.8) is 0 Å². The number of hydrogen-bond donors (Lipinski definition) is 1. The van der Waals surface area contributed by atoms with Crippen LogP contribution in [0.25, 0.3) is 11.1 Å². The van der Waals surface area contributed by atoms with Gasteiger partial charge in [-0.3, -0.25) is 0 Å². The van der Waals surface area contributed by atoms with Crippen LogP contribution in [-0.2, 0) is 12.8 Å². The molecule has 4 heteroatoms. The molecule has 0 aromatic carbocycles. The number of aromatic nitrogens is 2. The molecule has 0 amide bonds. The molecule has 0 spiro atoms. The van der Waals surface area contributed by atoms with E-state index >= 15 is 0 Å². The second kappa shape index (κ2) is 4.69. The fraction of sp³-hybridized carbons (Fsp3) is 0.267. The van der Waals surface area contributed by atoms with E-state index in [0.29, 0.717) is 11.4 Å². The van der Waals surface area contributed by atoms with Crippen LogP contribution in [0.2, 0.25) is 0 Å². The summed E-state index contributed by atoms with van der Waals surface area (Å²) in [4.78, 5) is 7.48. The number of pyridine rings is 2. The van der Waals surface area contributed by atoms with Gasteiger partial charge in [-0.15, -0.1) is 0 Å². The Morgan fingerprint density at radius 3 is 2.89 bits per heavy atom. The highest BCUT2D eigenvalue weighted by Gasteiger charge is 2.22. The van der Waals surface area contributed by atoms with Gasteiger partial charge in [-0.05, 0) is 37.3 Å². The first-order valence-corrected chi connectivity index (χ1v) is 6.49. The topological polar surface area (TPSA) is 76.8 Å². The van der Waals surface area contributed by atoms with Gasteiger partial charge in [-0.25, -0.2) is 9.97 Å². The summed E-state index contributed by atoms with van der Waals surface area (Å²) in [7, 11) is 0. The Morgan fingerprint density at radius 1 is 1.32 bits per heavy atom. The predicted octanol–water partition coefficient (Wildman–Crippen LogP) is 1.90. The molecule has 1 aliphatic carbocycles. The van der Waals surface area contributed by atoms with Crippen LogP contribution in [-0.4, -0.2) is 4.98 Å². The van der Waals surface area contributed by atoms with E-state index in [1.807, 2.05) is 24.5 Å². The number of aryl methyl sites for hydroxylation is 1. The van der Waals surface area contributed by atoms with E-state index in [1.54, 1.807) is 0 Å². The maximum absolute atomic E-state index is 9.38. The summed E-state index contributed by atoms with van der Waals surface area (Å²) >= 11 is 0. The zero-order chi connectivity index (χ0) is 13.2. The number of hydrogen-bond acceptors (Lipinski definition) is 3. The van der Waals surface area contributed by atoms with E-state index in [2.05, 4.69) is 16.0 Å². The molecule has 2 aromatic rings. The molecule has 0 saturated heterocycles. The van der Waals surface area contributed by atoms with Crippen molar-refractivity contribution in [2.75, 3.05) is 5.73 Å². The Hall–Kier alpha value is -2.41. The molecule has 0 fully saturated rings. The van der Waals surface area contributed by atoms with Crippen molar-refractivity contribution >= 4 is 5.82 Å². The molecule has 3 N–H and O–H groups in total. The molecule has 2 heterocycles. The van der Waals surface area contributed by atoms with Crippen LogP contribution in [0.3, 0.4) is 0 Å². The lowest BCUT2D eigenvalue weighted by Gasteiger charge is -2.20. The van der Waals surface area contributed by atoms with Gasteiger partial charge in [0.05, 0.1) is 0 Å². The van der Waals surface area contributed by atoms with Crippen molar-refractivity contribution < 1.29 is 4.98 Å². The molecule has 0 atom stereocenters. The zero-order valence-corrected chi connectivity index (χ0v) is 10.6. The SMILES string of the molecule is N#Cc1c(N)nc2c(c1-c1ccc[nH+]c1)CCCC2. The molecule has 3 rings (SSSR count). The van der Waals surface area contributed by atoms with Gasteiger partial charge in [0.1, 0.15) is 17.5 Å². The number of fused-ring (bicyclic) bond motifs is 1. The summed E-state index contributed by atoms with van der Waals surface area (Å²) in [5.74, 6) is 0.349. The number of aromatic amines is 1. The van der Waals surface area contributed by atoms with E-state index < -0.39 is 0 Å². The van der Waals surface area contributed by atoms with Crippen LogP contribution in [0.15, 0.2) is 24.5 Å². The fourth-order valence-corrected chi connectivity index (χ4v) is 2.74. The van der Waals surface area contributed by atoms with Crippen LogP contribution < -0.4 is 10.7 Å². The molecule has 19 heavy (non-hydrogen) atoms. The summed E-state index contributed by atoms with van der Waals surface area (Å²) < 4.78 is 0. The average molecular weight is 251 g/mol. The maximum Gasteiger partial charge on any atom is 0.174 e. The number of nitrogens with two attached hydrogens (primary N) is 1. The highest BCUT2D eigenvalue weighted by atomic mass is 14.9. The Kier molecular flexibility index (Phi) is 2.88. The van der Waals surface area contributed by atoms with E-state index in [9.17, 15) is 5.26 Å². The Bertz CT molecular complexity index is 656. The highest BCUT2D eigenvalue weighted by molar-refractivity contribution is 5.78. The summed E-state index contributed by atoms with van der Waals surface area (Å²) in [5, 5.41) is 9.38. The normalized spacial score (nSPS) is 13.6. The largest absolute Gasteiger partial charge is 0.383 e. The van der Waals surface area contributed by atoms with E-state index in [0.717, 1.165) is 42.5 Å². The van der Waals surface area contributed by atoms with Crippen LogP contribution in [0.4, 0.5) is 5.82 Å². The minimum Gasteiger partial charge on any atom is -0.383 e. The first-order valence-electron chi connectivity index (χ1n) is 6.49. The molecule has 94 valence electrons. The van der Waals surface area contributed by atoms with Gasteiger partial charge >= 0.3 is 0 Å². The number of rotatable bonds is 1. The number of H-pyrrole nitrogens is 1. The van der Waals surface area contributed by atoms with Gasteiger partial charge in [-0.2, -0.15) is 5.26 Å². The van der Waals surface area contributed by atoms with Crippen LogP contribution in [0.1, 0.15) is 29.7 Å². The quantitative estimate of drug-likeness (QED) is 0.840. The maximum atomic E-state index is 9.38. The van der Waals surface area contributed by atoms with Crippen molar-refractivity contribution in [2.45, 2.75) is 25.7 Å². The van der Waals surface area contributed by atoms with Gasteiger partial charge < -0.3 is 5.73 Å². The molecule has 4 nitrogen and oxygen atoms in total. The number of anilines is 1. The van der Waals surface area contributed by atoms with Gasteiger partial charge in [0.2, 0.25) is 0 Å². The van der Waals surface area contributed by atoms with Crippen molar-refractivity contribution in [3.8, 4) is 17.2 Å².